The summed E-state index contributed by atoms with van der Waals surface area (Å²) in [7, 11) is 1.94. The molecule has 0 aliphatic carbocycles. The predicted molar refractivity (Wildman–Crippen MR) is 88.9 cm³/mol. The number of halogens is 3. The Hall–Kier alpha value is -0.350. The third kappa shape index (κ3) is 3.22. The van der Waals surface area contributed by atoms with Gasteiger partial charge in [0.2, 0.25) is 0 Å². The first-order valence-corrected chi connectivity index (χ1v) is 7.88. The van der Waals surface area contributed by atoms with Gasteiger partial charge in [-0.3, -0.25) is 0 Å². The summed E-state index contributed by atoms with van der Waals surface area (Å²) < 4.78 is 2.11. The van der Waals surface area contributed by atoms with Crippen LogP contribution in [0.4, 0.5) is 0 Å². The van der Waals surface area contributed by atoms with Gasteiger partial charge in [0.25, 0.3) is 0 Å². The number of benzene rings is 2. The first-order chi connectivity index (χ1) is 9.04. The molecular weight excluding hydrogens is 389 g/mol. The third-order valence-corrected chi connectivity index (χ3v) is 4.82. The van der Waals surface area contributed by atoms with Gasteiger partial charge in [-0.05, 0) is 48.9 Å². The Bertz CT molecular complexity index is 597. The van der Waals surface area contributed by atoms with E-state index in [1.807, 2.05) is 38.2 Å². The lowest BCUT2D eigenvalue weighted by atomic mass is 9.97. The Balaban J connectivity index is 2.56. The summed E-state index contributed by atoms with van der Waals surface area (Å²) in [5.41, 5.74) is 3.33. The largest absolute Gasteiger partial charge is 0.309 e. The highest BCUT2D eigenvalue weighted by atomic mass is 79.9. The summed E-state index contributed by atoms with van der Waals surface area (Å²) in [5.74, 6) is 0. The second-order valence-corrected chi connectivity index (χ2v) is 6.51. The molecule has 0 fully saturated rings. The van der Waals surface area contributed by atoms with Crippen molar-refractivity contribution >= 4 is 43.5 Å². The molecular formula is C15H14Br2ClN. The molecule has 100 valence electrons. The Morgan fingerprint density at radius 1 is 1.11 bits per heavy atom. The smallest absolute Gasteiger partial charge is 0.0600 e. The van der Waals surface area contributed by atoms with Gasteiger partial charge in [0.05, 0.1) is 6.04 Å². The first kappa shape index (κ1) is 15.0. The second-order valence-electron chi connectivity index (χ2n) is 4.37. The second kappa shape index (κ2) is 6.40. The molecule has 0 bridgehead atoms. The summed E-state index contributed by atoms with van der Waals surface area (Å²) in [4.78, 5) is 0. The van der Waals surface area contributed by atoms with E-state index in [0.717, 1.165) is 30.7 Å². The summed E-state index contributed by atoms with van der Waals surface area (Å²) in [5, 5.41) is 4.15. The highest BCUT2D eigenvalue weighted by Gasteiger charge is 2.18. The topological polar surface area (TPSA) is 12.0 Å². The van der Waals surface area contributed by atoms with Gasteiger partial charge in [0, 0.05) is 14.0 Å². The maximum Gasteiger partial charge on any atom is 0.0600 e. The zero-order chi connectivity index (χ0) is 14.0. The van der Waals surface area contributed by atoms with Crippen molar-refractivity contribution in [3.8, 4) is 0 Å². The van der Waals surface area contributed by atoms with E-state index in [9.17, 15) is 0 Å². The molecule has 0 heterocycles. The van der Waals surface area contributed by atoms with Crippen molar-refractivity contribution < 1.29 is 0 Å². The van der Waals surface area contributed by atoms with Crippen LogP contribution in [0.5, 0.6) is 0 Å². The van der Waals surface area contributed by atoms with E-state index in [4.69, 9.17) is 11.6 Å². The SMILES string of the molecule is CNC(c1cc(Br)ccc1Br)c1cccc(C)c1Cl. The van der Waals surface area contributed by atoms with Crippen LogP contribution in [-0.4, -0.2) is 7.05 Å². The number of rotatable bonds is 3. The van der Waals surface area contributed by atoms with Crippen LogP contribution in [0.15, 0.2) is 45.3 Å². The fraction of sp³-hybridized carbons (Fsp3) is 0.200. The molecule has 1 unspecified atom stereocenters. The Morgan fingerprint density at radius 2 is 1.84 bits per heavy atom. The molecule has 0 amide bonds. The monoisotopic (exact) mass is 401 g/mol. The van der Waals surface area contributed by atoms with Gasteiger partial charge in [-0.1, -0.05) is 61.7 Å². The van der Waals surface area contributed by atoms with E-state index in [1.165, 1.54) is 0 Å². The quantitative estimate of drug-likeness (QED) is 0.715. The minimum atomic E-state index is 0.0549. The molecule has 2 rings (SSSR count). The van der Waals surface area contributed by atoms with Crippen LogP contribution < -0.4 is 5.32 Å². The summed E-state index contributed by atoms with van der Waals surface area (Å²) >= 11 is 13.6. The van der Waals surface area contributed by atoms with Crippen molar-refractivity contribution in [3.05, 3.63) is 67.1 Å². The lowest BCUT2D eigenvalue weighted by Gasteiger charge is -2.21. The van der Waals surface area contributed by atoms with Gasteiger partial charge in [0.15, 0.2) is 0 Å². The molecule has 2 aromatic carbocycles. The van der Waals surface area contributed by atoms with Crippen molar-refractivity contribution in [3.63, 3.8) is 0 Å². The third-order valence-electron chi connectivity index (χ3n) is 3.09. The van der Waals surface area contributed by atoms with Gasteiger partial charge in [0.1, 0.15) is 0 Å². The van der Waals surface area contributed by atoms with Gasteiger partial charge in [-0.15, -0.1) is 0 Å². The molecule has 0 radical (unpaired) electrons. The van der Waals surface area contributed by atoms with Crippen molar-refractivity contribution in [2.24, 2.45) is 0 Å². The van der Waals surface area contributed by atoms with E-state index in [0.29, 0.717) is 0 Å². The molecule has 0 saturated carbocycles. The Kier molecular flexibility index (Phi) is 5.07. The van der Waals surface area contributed by atoms with Crippen LogP contribution in [0.1, 0.15) is 22.7 Å². The molecule has 0 saturated heterocycles. The molecule has 1 nitrogen and oxygen atoms in total. The van der Waals surface area contributed by atoms with Crippen molar-refractivity contribution in [1.82, 2.24) is 5.32 Å². The minimum absolute atomic E-state index is 0.0549. The lowest BCUT2D eigenvalue weighted by molar-refractivity contribution is 0.688. The zero-order valence-corrected chi connectivity index (χ0v) is 14.6. The van der Waals surface area contributed by atoms with Gasteiger partial charge in [-0.25, -0.2) is 0 Å². The average Bonchev–Trinajstić information content (AvgIpc) is 2.39. The van der Waals surface area contributed by atoms with E-state index in [-0.39, 0.29) is 6.04 Å². The van der Waals surface area contributed by atoms with E-state index >= 15 is 0 Å². The van der Waals surface area contributed by atoms with E-state index in [2.05, 4.69) is 49.3 Å². The molecule has 0 aromatic heterocycles. The summed E-state index contributed by atoms with van der Waals surface area (Å²) in [6, 6.07) is 12.3. The predicted octanol–water partition coefficient (Wildman–Crippen LogP) is 5.48. The minimum Gasteiger partial charge on any atom is -0.309 e. The molecule has 1 N–H and O–H groups in total. The van der Waals surface area contributed by atoms with Crippen LogP contribution in [0.25, 0.3) is 0 Å². The van der Waals surface area contributed by atoms with Crippen molar-refractivity contribution in [2.75, 3.05) is 7.05 Å². The van der Waals surface area contributed by atoms with Crippen LogP contribution in [0.3, 0.4) is 0 Å². The van der Waals surface area contributed by atoms with Crippen LogP contribution >= 0.6 is 43.5 Å². The van der Waals surface area contributed by atoms with Crippen LogP contribution in [-0.2, 0) is 0 Å². The molecule has 0 aliphatic rings. The maximum atomic E-state index is 6.44. The average molecular weight is 404 g/mol. The Labute approximate surface area is 135 Å². The zero-order valence-electron chi connectivity index (χ0n) is 10.7. The molecule has 19 heavy (non-hydrogen) atoms. The highest BCUT2D eigenvalue weighted by Crippen LogP contribution is 2.35. The van der Waals surface area contributed by atoms with Crippen molar-refractivity contribution in [2.45, 2.75) is 13.0 Å². The lowest BCUT2D eigenvalue weighted by Crippen LogP contribution is -2.18. The number of hydrogen-bond donors (Lipinski definition) is 1. The number of aryl methyl sites for hydroxylation is 1. The maximum absolute atomic E-state index is 6.44. The van der Waals surface area contributed by atoms with Crippen LogP contribution in [0.2, 0.25) is 5.02 Å². The standard InChI is InChI=1S/C15H14Br2ClN/c1-9-4-3-5-11(14(9)18)15(19-2)12-8-10(16)6-7-13(12)17/h3-8,15,19H,1-2H3. The summed E-state index contributed by atoms with van der Waals surface area (Å²) in [6.07, 6.45) is 0. The molecule has 2 aromatic rings. The fourth-order valence-corrected chi connectivity index (χ4v) is 3.20. The van der Waals surface area contributed by atoms with E-state index in [1.54, 1.807) is 0 Å². The Morgan fingerprint density at radius 3 is 2.53 bits per heavy atom. The highest BCUT2D eigenvalue weighted by molar-refractivity contribution is 9.11. The van der Waals surface area contributed by atoms with E-state index < -0.39 is 0 Å². The van der Waals surface area contributed by atoms with Crippen molar-refractivity contribution in [1.29, 1.82) is 0 Å². The van der Waals surface area contributed by atoms with Gasteiger partial charge >= 0.3 is 0 Å². The summed E-state index contributed by atoms with van der Waals surface area (Å²) in [6.45, 7) is 2.02. The molecule has 0 aliphatic heterocycles. The molecule has 4 heteroatoms. The fourth-order valence-electron chi connectivity index (χ4n) is 2.11. The molecule has 1 atom stereocenters. The van der Waals surface area contributed by atoms with Crippen LogP contribution in [0, 0.1) is 6.92 Å². The normalized spacial score (nSPS) is 12.5. The number of hydrogen-bond acceptors (Lipinski definition) is 1. The number of nitrogens with one attached hydrogen (secondary N) is 1. The van der Waals surface area contributed by atoms with Gasteiger partial charge in [-0.2, -0.15) is 0 Å². The van der Waals surface area contributed by atoms with Gasteiger partial charge < -0.3 is 5.32 Å². The first-order valence-electron chi connectivity index (χ1n) is 5.92. The molecule has 0 spiro atoms.